The number of ketones is 1. The van der Waals surface area contributed by atoms with E-state index in [0.29, 0.717) is 5.75 Å². The number of nitrogens with zero attached hydrogens (tertiary/aromatic N) is 1. The molecule has 1 aromatic carbocycles. The average molecular weight is 589 g/mol. The van der Waals surface area contributed by atoms with Gasteiger partial charge in [0.05, 0.1) is 0 Å². The van der Waals surface area contributed by atoms with Crippen molar-refractivity contribution in [3.63, 3.8) is 0 Å². The molecule has 1 aromatic heterocycles. The van der Waals surface area contributed by atoms with Crippen molar-refractivity contribution < 1.29 is 9.90 Å². The van der Waals surface area contributed by atoms with Crippen LogP contribution in [0.4, 0.5) is 5.69 Å². The molecule has 0 saturated heterocycles. The van der Waals surface area contributed by atoms with Crippen LogP contribution < -0.4 is 5.19 Å². The van der Waals surface area contributed by atoms with Crippen molar-refractivity contribution in [2.24, 2.45) is 4.99 Å². The van der Waals surface area contributed by atoms with Crippen LogP contribution in [0.25, 0.3) is 10.0 Å². The number of hydrogen-bond acceptors (Lipinski definition) is 3. The van der Waals surface area contributed by atoms with Gasteiger partial charge < -0.3 is 0 Å². The van der Waals surface area contributed by atoms with Crippen molar-refractivity contribution in [3.8, 4) is 15.8 Å². The normalized spacial score (nSPS) is 17.7. The number of hydrogen-bond donors (Lipinski definition) is 1. The SMILES string of the molecule is C[Si]1(C)C2=CC(=O)C=CC2=Nc2ccc(O)c(-c3cc(Br)c(I)[se]3)c21. The summed E-state index contributed by atoms with van der Waals surface area (Å²) in [5.41, 5.74) is 2.73. The Hall–Kier alpha value is -0.734. The zero-order valence-corrected chi connectivity index (χ0v) is 19.9. The topological polar surface area (TPSA) is 49.7 Å². The van der Waals surface area contributed by atoms with Crippen LogP contribution in [0.5, 0.6) is 5.75 Å². The van der Waals surface area contributed by atoms with Gasteiger partial charge in [0.15, 0.2) is 0 Å². The van der Waals surface area contributed by atoms with Crippen LogP contribution in [0.15, 0.2) is 51.1 Å². The van der Waals surface area contributed by atoms with E-state index in [1.807, 2.05) is 12.1 Å². The second-order valence-electron chi connectivity index (χ2n) is 6.50. The molecule has 2 heterocycles. The fourth-order valence-corrected chi connectivity index (χ4v) is 11.0. The minimum absolute atomic E-state index is 0.0166. The first-order chi connectivity index (χ1) is 11.8. The number of aromatic hydroxyl groups is 1. The van der Waals surface area contributed by atoms with E-state index in [2.05, 4.69) is 57.7 Å². The number of rotatable bonds is 1. The number of fused-ring (bicyclic) bond motifs is 2. The Bertz CT molecular complexity index is 1020. The standard InChI is InChI=1S/C18H13BrINO2SeSi/c1-25(2)15-7-9(22)3-4-11(15)21-12-5-6-13(23)16(17(12)25)14-8-10(19)18(20)24-14/h3-8,23H,1-2H3. The molecule has 0 radical (unpaired) electrons. The van der Waals surface area contributed by atoms with E-state index in [9.17, 15) is 9.90 Å². The third-order valence-corrected chi connectivity index (χ3v) is 13.7. The van der Waals surface area contributed by atoms with Gasteiger partial charge in [0.2, 0.25) is 0 Å². The zero-order chi connectivity index (χ0) is 17.9. The summed E-state index contributed by atoms with van der Waals surface area (Å²) in [4.78, 5) is 16.7. The molecule has 4 rings (SSSR count). The molecular formula is C18H13BrINO2SeSi. The maximum absolute atomic E-state index is 11.9. The summed E-state index contributed by atoms with van der Waals surface area (Å²) in [5.74, 6) is 0.318. The number of carbonyl (C=O) groups excluding carboxylic acids is 1. The van der Waals surface area contributed by atoms with Gasteiger partial charge in [-0.05, 0) is 0 Å². The second kappa shape index (κ2) is 6.16. The Morgan fingerprint density at radius 3 is 2.72 bits per heavy atom. The average Bonchev–Trinajstić information content (AvgIpc) is 2.88. The van der Waals surface area contributed by atoms with Crippen LogP contribution in [-0.2, 0) is 4.79 Å². The molecular weight excluding hydrogens is 576 g/mol. The zero-order valence-electron chi connectivity index (χ0n) is 13.4. The molecule has 0 spiro atoms. The summed E-state index contributed by atoms with van der Waals surface area (Å²) < 4.78 is 3.54. The van der Waals surface area contributed by atoms with Crippen LogP contribution in [0.2, 0.25) is 13.1 Å². The first-order valence-electron chi connectivity index (χ1n) is 7.64. The van der Waals surface area contributed by atoms with Gasteiger partial charge in [0.1, 0.15) is 0 Å². The number of halogens is 2. The van der Waals surface area contributed by atoms with Crippen LogP contribution in [-0.4, -0.2) is 39.2 Å². The number of phenols is 1. The summed E-state index contributed by atoms with van der Waals surface area (Å²) in [6.45, 7) is 4.47. The number of aliphatic imine (C=N–C) groups is 1. The predicted octanol–water partition coefficient (Wildman–Crippen LogP) is 4.09. The molecule has 0 bridgehead atoms. The Morgan fingerprint density at radius 2 is 2.04 bits per heavy atom. The van der Waals surface area contributed by atoms with Gasteiger partial charge >= 0.3 is 176 Å². The quantitative estimate of drug-likeness (QED) is 0.310. The molecule has 3 nitrogen and oxygen atoms in total. The van der Waals surface area contributed by atoms with Crippen molar-refractivity contribution in [2.45, 2.75) is 13.1 Å². The van der Waals surface area contributed by atoms with Crippen LogP contribution >= 0.6 is 38.5 Å². The fraction of sp³-hybridized carbons (Fsp3) is 0.111. The monoisotopic (exact) mass is 589 g/mol. The third-order valence-electron chi connectivity index (χ3n) is 4.56. The van der Waals surface area contributed by atoms with E-state index >= 15 is 0 Å². The number of allylic oxidation sites excluding steroid dienone is 4. The summed E-state index contributed by atoms with van der Waals surface area (Å²) in [6.07, 6.45) is 5.13. The molecule has 1 N–H and O–H groups in total. The fourth-order valence-electron chi connectivity index (χ4n) is 3.40. The van der Waals surface area contributed by atoms with Gasteiger partial charge in [-0.15, -0.1) is 0 Å². The molecule has 0 fully saturated rings. The molecule has 1 aliphatic heterocycles. The number of benzene rings is 1. The molecule has 2 aromatic rings. The first-order valence-corrected chi connectivity index (χ1v) is 14.2. The molecule has 2 aliphatic rings. The number of phenolic OH excluding ortho intramolecular Hbond substituents is 1. The minimum atomic E-state index is -2.17. The van der Waals surface area contributed by atoms with Gasteiger partial charge in [-0.25, -0.2) is 0 Å². The van der Waals surface area contributed by atoms with E-state index in [1.54, 1.807) is 18.2 Å². The molecule has 0 atom stereocenters. The van der Waals surface area contributed by atoms with Crippen molar-refractivity contribution in [2.75, 3.05) is 0 Å². The summed E-state index contributed by atoms with van der Waals surface area (Å²) in [6, 6.07) is 5.75. The Morgan fingerprint density at radius 1 is 1.28 bits per heavy atom. The van der Waals surface area contributed by atoms with Gasteiger partial charge in [-0.3, -0.25) is 0 Å². The van der Waals surface area contributed by atoms with Crippen LogP contribution in [0, 0.1) is 2.44 Å². The van der Waals surface area contributed by atoms with Crippen LogP contribution in [0.1, 0.15) is 0 Å². The van der Waals surface area contributed by atoms with Crippen LogP contribution in [0.3, 0.4) is 0 Å². The van der Waals surface area contributed by atoms with E-state index in [0.717, 1.165) is 36.3 Å². The molecule has 126 valence electrons. The Labute approximate surface area is 174 Å². The van der Waals surface area contributed by atoms with Crippen molar-refractivity contribution in [1.82, 2.24) is 0 Å². The summed E-state index contributed by atoms with van der Waals surface area (Å²) in [7, 11) is -2.17. The number of carbonyl (C=O) groups is 1. The maximum atomic E-state index is 11.9. The molecule has 25 heavy (non-hydrogen) atoms. The molecule has 0 amide bonds. The Balaban J connectivity index is 2.06. The molecule has 1 aliphatic carbocycles. The molecule has 0 unspecified atom stereocenters. The van der Waals surface area contributed by atoms with Gasteiger partial charge in [-0.2, -0.15) is 0 Å². The molecule has 0 saturated carbocycles. The summed E-state index contributed by atoms with van der Waals surface area (Å²) >= 11 is 6.12. The van der Waals surface area contributed by atoms with E-state index in [-0.39, 0.29) is 20.3 Å². The van der Waals surface area contributed by atoms with E-state index in [4.69, 9.17) is 4.99 Å². The van der Waals surface area contributed by atoms with Crippen molar-refractivity contribution in [1.29, 1.82) is 0 Å². The summed E-state index contributed by atoms with van der Waals surface area (Å²) in [5, 5.41) is 12.9. The van der Waals surface area contributed by atoms with Crippen molar-refractivity contribution >= 4 is 83.5 Å². The molecule has 7 heteroatoms. The van der Waals surface area contributed by atoms with Gasteiger partial charge in [0, 0.05) is 0 Å². The van der Waals surface area contributed by atoms with E-state index < -0.39 is 8.07 Å². The first kappa shape index (κ1) is 17.7. The second-order valence-corrected chi connectivity index (χ2v) is 16.6. The van der Waals surface area contributed by atoms with Crippen molar-refractivity contribution in [3.05, 3.63) is 48.5 Å². The van der Waals surface area contributed by atoms with Gasteiger partial charge in [-0.1, -0.05) is 0 Å². The predicted molar refractivity (Wildman–Crippen MR) is 117 cm³/mol. The van der Waals surface area contributed by atoms with Gasteiger partial charge in [0.25, 0.3) is 0 Å². The Kier molecular flexibility index (Phi) is 4.36. The third kappa shape index (κ3) is 2.80. The van der Waals surface area contributed by atoms with E-state index in [1.165, 1.54) is 2.44 Å².